The van der Waals surface area contributed by atoms with Crippen LogP contribution >= 0.6 is 11.6 Å². The van der Waals surface area contributed by atoms with E-state index in [1.807, 2.05) is 61.2 Å². The largest absolute Gasteiger partial charge is 0.322 e. The van der Waals surface area contributed by atoms with Gasteiger partial charge in [-0.05, 0) is 61.4 Å². The summed E-state index contributed by atoms with van der Waals surface area (Å²) in [4.78, 5) is 18.9. The highest BCUT2D eigenvalue weighted by Gasteiger charge is 2.28. The smallest absolute Gasteiger partial charge is 0.313 e. The van der Waals surface area contributed by atoms with Gasteiger partial charge in [-0.2, -0.15) is 5.10 Å². The number of benzene rings is 2. The van der Waals surface area contributed by atoms with E-state index in [1.165, 1.54) is 0 Å². The summed E-state index contributed by atoms with van der Waals surface area (Å²) in [5.74, 6) is 0. The lowest BCUT2D eigenvalue weighted by molar-refractivity contribution is 0.186. The number of pyridine rings is 1. The molecule has 0 unspecified atom stereocenters. The van der Waals surface area contributed by atoms with Crippen molar-refractivity contribution in [2.24, 2.45) is 0 Å². The molecule has 0 radical (unpaired) electrons. The van der Waals surface area contributed by atoms with Crippen LogP contribution in [0.5, 0.6) is 0 Å². The summed E-state index contributed by atoms with van der Waals surface area (Å²) in [7, 11) is 0. The first kappa shape index (κ1) is 18.6. The van der Waals surface area contributed by atoms with Crippen molar-refractivity contribution in [3.05, 3.63) is 76.6 Å². The number of carbonyl (C=O) groups excluding carboxylic acids is 1. The molecule has 0 bridgehead atoms. The maximum Gasteiger partial charge on any atom is 0.322 e. The number of anilines is 1. The monoisotopic (exact) mass is 417 g/mol. The Labute approximate surface area is 178 Å². The summed E-state index contributed by atoms with van der Waals surface area (Å²) in [6.07, 6.45) is 1.79. The van der Waals surface area contributed by atoms with Gasteiger partial charge in [0.15, 0.2) is 0 Å². The molecule has 1 aliphatic heterocycles. The molecule has 0 fully saturated rings. The summed E-state index contributed by atoms with van der Waals surface area (Å²) in [6.45, 7) is 4.48. The molecular weight excluding hydrogens is 398 g/mol. The molecule has 150 valence electrons. The van der Waals surface area contributed by atoms with Crippen LogP contribution in [-0.2, 0) is 6.54 Å². The molecule has 1 aliphatic rings. The third kappa shape index (κ3) is 3.19. The van der Waals surface area contributed by atoms with Crippen molar-refractivity contribution in [3.63, 3.8) is 0 Å². The number of hydrogen-bond donors (Lipinski definition) is 2. The van der Waals surface area contributed by atoms with E-state index in [0.717, 1.165) is 44.7 Å². The molecule has 2 amide bonds. The first-order chi connectivity index (χ1) is 14.5. The van der Waals surface area contributed by atoms with Gasteiger partial charge in [0.2, 0.25) is 0 Å². The third-order valence-electron chi connectivity index (χ3n) is 5.60. The molecule has 0 aliphatic carbocycles. The minimum Gasteiger partial charge on any atom is -0.313 e. The summed E-state index contributed by atoms with van der Waals surface area (Å²) >= 11 is 6.15. The topological polar surface area (TPSA) is 73.9 Å². The molecule has 6 nitrogen and oxygen atoms in total. The number of urea groups is 1. The number of aromatic nitrogens is 3. The average molecular weight is 418 g/mol. The van der Waals surface area contributed by atoms with E-state index in [0.29, 0.717) is 11.6 Å². The van der Waals surface area contributed by atoms with Crippen molar-refractivity contribution in [2.75, 3.05) is 5.32 Å². The Hall–Kier alpha value is -3.38. The molecule has 2 aromatic heterocycles. The van der Waals surface area contributed by atoms with Gasteiger partial charge >= 0.3 is 6.03 Å². The molecule has 1 atom stereocenters. The molecular formula is C23H20ClN5O. The van der Waals surface area contributed by atoms with Crippen molar-refractivity contribution in [1.29, 1.82) is 0 Å². The lowest BCUT2D eigenvalue weighted by Crippen LogP contribution is -2.40. The standard InChI is InChI=1S/C23H20ClN5O/c1-13-8-16(6-7-25-13)22-19-10-17-12-29(14(2)15-4-3-5-18(24)9-15)23(30)26-20(17)11-21(19)27-28-22/h3-11,14H,12H2,1-2H3,(H,26,30)(H,27,28)/t14-/m1/s1. The van der Waals surface area contributed by atoms with Gasteiger partial charge in [-0.15, -0.1) is 0 Å². The summed E-state index contributed by atoms with van der Waals surface area (Å²) < 4.78 is 0. The van der Waals surface area contributed by atoms with Crippen molar-refractivity contribution in [2.45, 2.75) is 26.4 Å². The Kier molecular flexibility index (Phi) is 4.44. The molecule has 2 N–H and O–H groups in total. The number of amides is 2. The zero-order valence-electron chi connectivity index (χ0n) is 16.6. The van der Waals surface area contributed by atoms with Gasteiger partial charge in [0.1, 0.15) is 5.69 Å². The van der Waals surface area contributed by atoms with Crippen LogP contribution in [-0.4, -0.2) is 26.1 Å². The number of halogens is 1. The van der Waals surface area contributed by atoms with Gasteiger partial charge in [-0.25, -0.2) is 4.79 Å². The Morgan fingerprint density at radius 2 is 2.03 bits per heavy atom. The zero-order chi connectivity index (χ0) is 20.8. The number of carbonyl (C=O) groups is 1. The molecule has 7 heteroatoms. The average Bonchev–Trinajstić information content (AvgIpc) is 3.14. The van der Waals surface area contributed by atoms with Crippen LogP contribution in [0.4, 0.5) is 10.5 Å². The number of nitrogens with one attached hydrogen (secondary N) is 2. The number of aryl methyl sites for hydroxylation is 1. The SMILES string of the molecule is Cc1cc(-c2n[nH]c3cc4c(cc23)CN([C@H](C)c2cccc(Cl)c2)C(=O)N4)ccn1. The molecule has 30 heavy (non-hydrogen) atoms. The van der Waals surface area contributed by atoms with E-state index < -0.39 is 0 Å². The Morgan fingerprint density at radius 3 is 2.83 bits per heavy atom. The molecule has 0 saturated heterocycles. The van der Waals surface area contributed by atoms with Crippen molar-refractivity contribution in [3.8, 4) is 11.3 Å². The van der Waals surface area contributed by atoms with Gasteiger partial charge in [-0.3, -0.25) is 10.1 Å². The lowest BCUT2D eigenvalue weighted by Gasteiger charge is -2.34. The molecule has 4 aromatic rings. The van der Waals surface area contributed by atoms with Crippen molar-refractivity contribution < 1.29 is 4.79 Å². The first-order valence-corrected chi connectivity index (χ1v) is 10.1. The maximum absolute atomic E-state index is 12.8. The van der Waals surface area contributed by atoms with Crippen LogP contribution in [0, 0.1) is 6.92 Å². The van der Waals surface area contributed by atoms with Gasteiger partial charge in [0.05, 0.1) is 18.1 Å². The van der Waals surface area contributed by atoms with E-state index in [9.17, 15) is 4.79 Å². The fraction of sp³-hybridized carbons (Fsp3) is 0.174. The molecule has 5 rings (SSSR count). The molecule has 2 aromatic carbocycles. The van der Waals surface area contributed by atoms with E-state index in [-0.39, 0.29) is 12.1 Å². The number of fused-ring (bicyclic) bond motifs is 2. The highest BCUT2D eigenvalue weighted by molar-refractivity contribution is 6.30. The second-order valence-electron chi connectivity index (χ2n) is 7.60. The van der Waals surface area contributed by atoms with Crippen LogP contribution < -0.4 is 5.32 Å². The predicted molar refractivity (Wildman–Crippen MR) is 118 cm³/mol. The second kappa shape index (κ2) is 7.15. The van der Waals surface area contributed by atoms with Crippen LogP contribution in [0.25, 0.3) is 22.2 Å². The quantitative estimate of drug-likeness (QED) is 0.449. The Balaban J connectivity index is 1.54. The van der Waals surface area contributed by atoms with E-state index >= 15 is 0 Å². The van der Waals surface area contributed by atoms with Gasteiger partial charge in [0, 0.05) is 33.6 Å². The van der Waals surface area contributed by atoms with E-state index in [1.54, 1.807) is 6.20 Å². The summed E-state index contributed by atoms with van der Waals surface area (Å²) in [5, 5.41) is 12.3. The predicted octanol–water partition coefficient (Wildman–Crippen LogP) is 5.70. The number of hydrogen-bond acceptors (Lipinski definition) is 3. The van der Waals surface area contributed by atoms with Crippen molar-refractivity contribution >= 4 is 34.2 Å². The van der Waals surface area contributed by atoms with Crippen LogP contribution in [0.15, 0.2) is 54.7 Å². The summed E-state index contributed by atoms with van der Waals surface area (Å²) in [6, 6.07) is 15.4. The Morgan fingerprint density at radius 1 is 1.17 bits per heavy atom. The van der Waals surface area contributed by atoms with Gasteiger partial charge < -0.3 is 10.2 Å². The highest BCUT2D eigenvalue weighted by Crippen LogP contribution is 2.35. The van der Waals surface area contributed by atoms with Crippen LogP contribution in [0.1, 0.15) is 29.8 Å². The second-order valence-corrected chi connectivity index (χ2v) is 8.04. The van der Waals surface area contributed by atoms with Crippen LogP contribution in [0.3, 0.4) is 0 Å². The Bertz CT molecular complexity index is 1280. The first-order valence-electron chi connectivity index (χ1n) is 9.77. The molecule has 0 saturated carbocycles. The van der Waals surface area contributed by atoms with E-state index in [4.69, 9.17) is 11.6 Å². The zero-order valence-corrected chi connectivity index (χ0v) is 17.4. The highest BCUT2D eigenvalue weighted by atomic mass is 35.5. The maximum atomic E-state index is 12.8. The normalized spacial score (nSPS) is 14.5. The number of rotatable bonds is 3. The van der Waals surface area contributed by atoms with Gasteiger partial charge in [-0.1, -0.05) is 23.7 Å². The van der Waals surface area contributed by atoms with E-state index in [2.05, 4.69) is 26.6 Å². The van der Waals surface area contributed by atoms with Crippen molar-refractivity contribution in [1.82, 2.24) is 20.1 Å². The fourth-order valence-corrected chi connectivity index (χ4v) is 4.17. The molecule has 3 heterocycles. The van der Waals surface area contributed by atoms with Crippen LogP contribution in [0.2, 0.25) is 5.02 Å². The third-order valence-corrected chi connectivity index (χ3v) is 5.83. The minimum absolute atomic E-state index is 0.112. The summed E-state index contributed by atoms with van der Waals surface area (Å²) in [5.41, 5.74) is 6.57. The molecule has 0 spiro atoms. The minimum atomic E-state index is -0.126. The lowest BCUT2D eigenvalue weighted by atomic mass is 10.0. The number of H-pyrrole nitrogens is 1. The van der Waals surface area contributed by atoms with Gasteiger partial charge in [0.25, 0.3) is 0 Å². The number of nitrogens with zero attached hydrogens (tertiary/aromatic N) is 3. The number of aromatic amines is 1. The fourth-order valence-electron chi connectivity index (χ4n) is 3.97.